The van der Waals surface area contributed by atoms with E-state index in [4.69, 9.17) is 5.73 Å². The van der Waals surface area contributed by atoms with Crippen molar-refractivity contribution in [1.29, 1.82) is 0 Å². The average molecular weight is 231 g/mol. The van der Waals surface area contributed by atoms with Crippen LogP contribution in [-0.4, -0.2) is 26.7 Å². The number of nitrogens with one attached hydrogen (secondary N) is 1. The van der Waals surface area contributed by atoms with Crippen LogP contribution in [0.2, 0.25) is 0 Å². The molecule has 0 spiro atoms. The number of aromatic nitrogens is 4. The van der Waals surface area contributed by atoms with Crippen molar-refractivity contribution in [3.05, 3.63) is 29.8 Å². The Morgan fingerprint density at radius 3 is 3.06 bits per heavy atom. The van der Waals surface area contributed by atoms with E-state index in [1.807, 2.05) is 12.3 Å². The lowest BCUT2D eigenvalue weighted by atomic mass is 10.1. The molecule has 0 atom stereocenters. The highest BCUT2D eigenvalue weighted by Gasteiger charge is 2.09. The second-order valence-corrected chi connectivity index (χ2v) is 3.88. The van der Waals surface area contributed by atoms with Crippen LogP contribution in [-0.2, 0) is 12.8 Å². The van der Waals surface area contributed by atoms with Gasteiger partial charge in [-0.05, 0) is 31.0 Å². The highest BCUT2D eigenvalue weighted by atomic mass is 15.2. The number of nitrogens with zero attached hydrogens (tertiary/aromatic N) is 3. The van der Waals surface area contributed by atoms with Crippen LogP contribution in [0.5, 0.6) is 0 Å². The Hall–Kier alpha value is -1.75. The lowest BCUT2D eigenvalue weighted by Crippen LogP contribution is -2.01. The molecule has 2 aromatic heterocycles. The smallest absolute Gasteiger partial charge is 0.181 e. The fourth-order valence-corrected chi connectivity index (χ4v) is 1.72. The normalized spacial score (nSPS) is 10.7. The molecular formula is C12H17N5. The van der Waals surface area contributed by atoms with E-state index in [1.165, 1.54) is 0 Å². The molecule has 0 amide bonds. The van der Waals surface area contributed by atoms with E-state index in [0.717, 1.165) is 42.0 Å². The first-order valence-electron chi connectivity index (χ1n) is 5.89. The molecule has 2 heterocycles. The molecule has 0 aromatic carbocycles. The Kier molecular flexibility index (Phi) is 3.82. The van der Waals surface area contributed by atoms with Gasteiger partial charge in [-0.1, -0.05) is 6.92 Å². The molecule has 0 saturated heterocycles. The summed E-state index contributed by atoms with van der Waals surface area (Å²) in [5, 5.41) is 7.20. The molecular weight excluding hydrogens is 214 g/mol. The van der Waals surface area contributed by atoms with Gasteiger partial charge in [0.05, 0.1) is 0 Å². The van der Waals surface area contributed by atoms with Crippen LogP contribution in [0.3, 0.4) is 0 Å². The molecule has 90 valence electrons. The lowest BCUT2D eigenvalue weighted by molar-refractivity contribution is 0.785. The first-order chi connectivity index (χ1) is 8.35. The Morgan fingerprint density at radius 1 is 1.41 bits per heavy atom. The van der Waals surface area contributed by atoms with Crippen molar-refractivity contribution in [2.45, 2.75) is 26.2 Å². The molecule has 0 fully saturated rings. The van der Waals surface area contributed by atoms with Gasteiger partial charge in [0.25, 0.3) is 0 Å². The Balaban J connectivity index is 2.24. The third kappa shape index (κ3) is 2.68. The van der Waals surface area contributed by atoms with E-state index in [0.29, 0.717) is 6.54 Å². The second kappa shape index (κ2) is 5.54. The fraction of sp³-hybridized carbons (Fsp3) is 0.417. The minimum absolute atomic E-state index is 0.672. The van der Waals surface area contributed by atoms with Gasteiger partial charge < -0.3 is 5.73 Å². The van der Waals surface area contributed by atoms with Gasteiger partial charge >= 0.3 is 0 Å². The minimum Gasteiger partial charge on any atom is -0.330 e. The molecule has 2 rings (SSSR count). The summed E-state index contributed by atoms with van der Waals surface area (Å²) in [6.45, 7) is 2.77. The average Bonchev–Trinajstić information content (AvgIpc) is 2.85. The number of nitrogens with two attached hydrogens (primary N) is 1. The largest absolute Gasteiger partial charge is 0.330 e. The van der Waals surface area contributed by atoms with Crippen molar-refractivity contribution in [2.75, 3.05) is 6.54 Å². The van der Waals surface area contributed by atoms with Crippen molar-refractivity contribution in [2.24, 2.45) is 5.73 Å². The minimum atomic E-state index is 0.672. The van der Waals surface area contributed by atoms with Gasteiger partial charge in [0.1, 0.15) is 5.82 Å². The van der Waals surface area contributed by atoms with Gasteiger partial charge in [-0.25, -0.2) is 4.98 Å². The summed E-state index contributed by atoms with van der Waals surface area (Å²) in [7, 11) is 0. The molecule has 0 unspecified atom stereocenters. The van der Waals surface area contributed by atoms with Crippen LogP contribution >= 0.6 is 0 Å². The maximum Gasteiger partial charge on any atom is 0.181 e. The summed E-state index contributed by atoms with van der Waals surface area (Å²) in [4.78, 5) is 8.59. The molecule has 17 heavy (non-hydrogen) atoms. The molecule has 0 aliphatic carbocycles. The summed E-state index contributed by atoms with van der Waals surface area (Å²) in [5.74, 6) is 1.64. The van der Waals surface area contributed by atoms with E-state index >= 15 is 0 Å². The summed E-state index contributed by atoms with van der Waals surface area (Å²) in [6.07, 6.45) is 6.33. The number of hydrogen-bond acceptors (Lipinski definition) is 4. The van der Waals surface area contributed by atoms with Crippen LogP contribution in [0.15, 0.2) is 18.5 Å². The quantitative estimate of drug-likeness (QED) is 0.813. The maximum atomic E-state index is 5.47. The third-order valence-corrected chi connectivity index (χ3v) is 2.67. The van der Waals surface area contributed by atoms with E-state index in [1.54, 1.807) is 6.20 Å². The van der Waals surface area contributed by atoms with E-state index in [9.17, 15) is 0 Å². The van der Waals surface area contributed by atoms with E-state index < -0.39 is 0 Å². The van der Waals surface area contributed by atoms with Gasteiger partial charge in [-0.3, -0.25) is 10.1 Å². The first-order valence-corrected chi connectivity index (χ1v) is 5.89. The van der Waals surface area contributed by atoms with Crippen molar-refractivity contribution in [1.82, 2.24) is 20.2 Å². The first kappa shape index (κ1) is 11.7. The predicted octanol–water partition coefficient (Wildman–Crippen LogP) is 1.32. The predicted molar refractivity (Wildman–Crippen MR) is 66.4 cm³/mol. The number of aromatic amines is 1. The van der Waals surface area contributed by atoms with Crippen LogP contribution in [0.25, 0.3) is 11.4 Å². The molecule has 0 radical (unpaired) electrons. The number of H-pyrrole nitrogens is 1. The van der Waals surface area contributed by atoms with Crippen LogP contribution in [0.4, 0.5) is 0 Å². The summed E-state index contributed by atoms with van der Waals surface area (Å²) in [6, 6.07) is 1.95. The Labute approximate surface area is 100 Å². The maximum absolute atomic E-state index is 5.47. The SMILES string of the molecule is CCc1cnccc1-c1n[nH]c(CCCN)n1. The number of rotatable bonds is 5. The van der Waals surface area contributed by atoms with E-state index in [2.05, 4.69) is 27.1 Å². The summed E-state index contributed by atoms with van der Waals surface area (Å²) >= 11 is 0. The van der Waals surface area contributed by atoms with Crippen LogP contribution in [0.1, 0.15) is 24.7 Å². The van der Waals surface area contributed by atoms with Gasteiger partial charge in [0.2, 0.25) is 0 Å². The standard InChI is InChI=1S/C12H17N5/c1-2-9-8-14-7-5-10(9)12-15-11(16-17-12)4-3-6-13/h5,7-8H,2-4,6,13H2,1H3,(H,15,16,17). The molecule has 0 aliphatic heterocycles. The van der Waals surface area contributed by atoms with Crippen molar-refractivity contribution in [3.63, 3.8) is 0 Å². The molecule has 0 saturated carbocycles. The van der Waals surface area contributed by atoms with Gasteiger partial charge in [-0.2, -0.15) is 5.10 Å². The molecule has 0 bridgehead atoms. The summed E-state index contributed by atoms with van der Waals surface area (Å²) < 4.78 is 0. The molecule has 0 aliphatic rings. The van der Waals surface area contributed by atoms with Gasteiger partial charge in [-0.15, -0.1) is 0 Å². The zero-order chi connectivity index (χ0) is 12.1. The van der Waals surface area contributed by atoms with Crippen molar-refractivity contribution < 1.29 is 0 Å². The van der Waals surface area contributed by atoms with Gasteiger partial charge in [0.15, 0.2) is 5.82 Å². The lowest BCUT2D eigenvalue weighted by Gasteiger charge is -2.01. The van der Waals surface area contributed by atoms with Crippen molar-refractivity contribution >= 4 is 0 Å². The molecule has 5 heteroatoms. The van der Waals surface area contributed by atoms with Crippen molar-refractivity contribution in [3.8, 4) is 11.4 Å². The number of hydrogen-bond donors (Lipinski definition) is 2. The third-order valence-electron chi connectivity index (χ3n) is 2.67. The topological polar surface area (TPSA) is 80.5 Å². The Bertz CT molecular complexity index is 477. The highest BCUT2D eigenvalue weighted by Crippen LogP contribution is 2.19. The fourth-order valence-electron chi connectivity index (χ4n) is 1.72. The van der Waals surface area contributed by atoms with E-state index in [-0.39, 0.29) is 0 Å². The second-order valence-electron chi connectivity index (χ2n) is 3.88. The van der Waals surface area contributed by atoms with Crippen LogP contribution in [0, 0.1) is 0 Å². The number of aryl methyl sites for hydroxylation is 2. The van der Waals surface area contributed by atoms with Gasteiger partial charge in [0, 0.05) is 24.4 Å². The monoisotopic (exact) mass is 231 g/mol. The zero-order valence-electron chi connectivity index (χ0n) is 9.98. The Morgan fingerprint density at radius 2 is 2.29 bits per heavy atom. The zero-order valence-corrected chi connectivity index (χ0v) is 9.98. The molecule has 3 N–H and O–H groups in total. The molecule has 5 nitrogen and oxygen atoms in total. The summed E-state index contributed by atoms with van der Waals surface area (Å²) in [5.41, 5.74) is 7.69. The number of pyridine rings is 1. The highest BCUT2D eigenvalue weighted by molar-refractivity contribution is 5.58. The molecule has 2 aromatic rings. The van der Waals surface area contributed by atoms with Crippen LogP contribution < -0.4 is 5.73 Å².